The maximum Gasteiger partial charge on any atom is 0.323 e. The number of aromatic nitrogens is 1. The second-order valence-electron chi connectivity index (χ2n) is 6.58. The van der Waals surface area contributed by atoms with E-state index in [1.54, 1.807) is 42.6 Å². The third-order valence-electron chi connectivity index (χ3n) is 5.06. The van der Waals surface area contributed by atoms with Crippen LogP contribution in [0.25, 0.3) is 10.9 Å². The number of carbonyl (C=O) groups excluding carboxylic acids is 1. The van der Waals surface area contributed by atoms with Gasteiger partial charge in [-0.15, -0.1) is 0 Å². The summed E-state index contributed by atoms with van der Waals surface area (Å²) in [6, 6.07) is 15.6. The number of esters is 1. The van der Waals surface area contributed by atoms with Crippen molar-refractivity contribution < 1.29 is 17.9 Å². The van der Waals surface area contributed by atoms with E-state index in [-0.39, 0.29) is 16.9 Å². The SMILES string of the molecule is COC(=O)[C@@H]1CCN1Cc1cccc2c1ccn2S(=O)(=O)c1ccccc1. The Kier molecular flexibility index (Phi) is 4.49. The van der Waals surface area contributed by atoms with Gasteiger partial charge in [0.05, 0.1) is 17.5 Å². The van der Waals surface area contributed by atoms with Gasteiger partial charge >= 0.3 is 5.97 Å². The second kappa shape index (κ2) is 6.83. The first-order valence-corrected chi connectivity index (χ1v) is 10.2. The minimum absolute atomic E-state index is 0.222. The molecule has 0 amide bonds. The normalized spacial score (nSPS) is 17.6. The van der Waals surface area contributed by atoms with E-state index in [0.717, 1.165) is 23.9 Å². The molecule has 0 spiro atoms. The lowest BCUT2D eigenvalue weighted by molar-refractivity contribution is -0.152. The molecule has 140 valence electrons. The summed E-state index contributed by atoms with van der Waals surface area (Å²) in [7, 11) is -2.26. The fourth-order valence-corrected chi connectivity index (χ4v) is 4.88. The Bertz CT molecular complexity index is 1090. The summed E-state index contributed by atoms with van der Waals surface area (Å²) >= 11 is 0. The van der Waals surface area contributed by atoms with Gasteiger partial charge in [0, 0.05) is 24.7 Å². The summed E-state index contributed by atoms with van der Waals surface area (Å²) in [6.45, 7) is 1.39. The van der Waals surface area contributed by atoms with E-state index < -0.39 is 10.0 Å². The summed E-state index contributed by atoms with van der Waals surface area (Å²) < 4.78 is 32.1. The molecule has 1 atom stereocenters. The summed E-state index contributed by atoms with van der Waals surface area (Å²) in [6.07, 6.45) is 2.37. The first-order valence-electron chi connectivity index (χ1n) is 8.74. The van der Waals surface area contributed by atoms with Crippen molar-refractivity contribution in [2.75, 3.05) is 13.7 Å². The van der Waals surface area contributed by atoms with E-state index in [1.165, 1.54) is 11.1 Å². The average Bonchev–Trinajstić information content (AvgIpc) is 3.11. The molecule has 1 aromatic heterocycles. The van der Waals surface area contributed by atoms with E-state index in [1.807, 2.05) is 23.1 Å². The van der Waals surface area contributed by atoms with Gasteiger partial charge < -0.3 is 4.74 Å². The highest BCUT2D eigenvalue weighted by Gasteiger charge is 2.35. The second-order valence-corrected chi connectivity index (χ2v) is 8.39. The van der Waals surface area contributed by atoms with Crippen LogP contribution in [0.2, 0.25) is 0 Å². The van der Waals surface area contributed by atoms with Crippen LogP contribution in [0, 0.1) is 0 Å². The number of rotatable bonds is 5. The van der Waals surface area contributed by atoms with Crippen molar-refractivity contribution in [3.8, 4) is 0 Å². The highest BCUT2D eigenvalue weighted by atomic mass is 32.2. The quantitative estimate of drug-likeness (QED) is 0.633. The molecule has 0 aliphatic carbocycles. The third-order valence-corrected chi connectivity index (χ3v) is 6.77. The van der Waals surface area contributed by atoms with Crippen molar-refractivity contribution in [3.63, 3.8) is 0 Å². The molecule has 1 fully saturated rings. The zero-order valence-corrected chi connectivity index (χ0v) is 15.7. The van der Waals surface area contributed by atoms with Crippen molar-refractivity contribution in [2.24, 2.45) is 0 Å². The molecule has 0 saturated carbocycles. The zero-order chi connectivity index (χ0) is 19.0. The third kappa shape index (κ3) is 3.02. The van der Waals surface area contributed by atoms with Gasteiger partial charge in [-0.25, -0.2) is 12.4 Å². The van der Waals surface area contributed by atoms with Crippen LogP contribution in [0.5, 0.6) is 0 Å². The Morgan fingerprint density at radius 3 is 2.56 bits per heavy atom. The van der Waals surface area contributed by atoms with Gasteiger partial charge in [0.25, 0.3) is 10.0 Å². The molecular weight excluding hydrogens is 364 g/mol. The predicted molar refractivity (Wildman–Crippen MR) is 102 cm³/mol. The van der Waals surface area contributed by atoms with Crippen LogP contribution in [0.3, 0.4) is 0 Å². The van der Waals surface area contributed by atoms with Crippen molar-refractivity contribution >= 4 is 26.9 Å². The van der Waals surface area contributed by atoms with Crippen LogP contribution in [0.4, 0.5) is 0 Å². The van der Waals surface area contributed by atoms with E-state index in [4.69, 9.17) is 4.74 Å². The monoisotopic (exact) mass is 384 g/mol. The fraction of sp³-hybridized carbons (Fsp3) is 0.250. The molecule has 0 radical (unpaired) electrons. The minimum atomic E-state index is -3.66. The van der Waals surface area contributed by atoms with Crippen molar-refractivity contribution in [2.45, 2.75) is 23.9 Å². The standard InChI is InChI=1S/C20H20N2O4S/c1-26-20(23)19-11-12-21(19)14-15-6-5-9-18-17(15)10-13-22(18)27(24,25)16-7-3-2-4-8-16/h2-10,13,19H,11-12,14H2,1H3/t19-/m0/s1. The smallest absolute Gasteiger partial charge is 0.323 e. The molecule has 4 rings (SSSR count). The Morgan fingerprint density at radius 1 is 1.11 bits per heavy atom. The molecule has 0 unspecified atom stereocenters. The number of benzene rings is 2. The molecule has 1 saturated heterocycles. The molecule has 1 aliphatic heterocycles. The van der Waals surface area contributed by atoms with Crippen molar-refractivity contribution in [1.82, 2.24) is 8.87 Å². The molecule has 3 aromatic rings. The number of carbonyl (C=O) groups is 1. The van der Waals surface area contributed by atoms with Crippen LogP contribution in [0.15, 0.2) is 65.7 Å². The topological polar surface area (TPSA) is 68.6 Å². The van der Waals surface area contributed by atoms with Gasteiger partial charge in [-0.2, -0.15) is 0 Å². The Morgan fingerprint density at radius 2 is 1.89 bits per heavy atom. The number of fused-ring (bicyclic) bond motifs is 1. The summed E-state index contributed by atoms with van der Waals surface area (Å²) in [5.74, 6) is -0.224. The van der Waals surface area contributed by atoms with E-state index in [0.29, 0.717) is 12.1 Å². The molecule has 7 heteroatoms. The van der Waals surface area contributed by atoms with Gasteiger partial charge in [0.15, 0.2) is 0 Å². The molecule has 1 aliphatic rings. The number of likely N-dealkylation sites (tertiary alicyclic amines) is 1. The van der Waals surface area contributed by atoms with E-state index in [9.17, 15) is 13.2 Å². The fourth-order valence-electron chi connectivity index (χ4n) is 3.51. The Labute approximate surface area is 158 Å². The number of ether oxygens (including phenoxy) is 1. The van der Waals surface area contributed by atoms with Gasteiger partial charge in [0.2, 0.25) is 0 Å². The van der Waals surface area contributed by atoms with Crippen LogP contribution in [0.1, 0.15) is 12.0 Å². The minimum Gasteiger partial charge on any atom is -0.468 e. The summed E-state index contributed by atoms with van der Waals surface area (Å²) in [5, 5.41) is 0.868. The maximum absolute atomic E-state index is 13.0. The van der Waals surface area contributed by atoms with E-state index in [2.05, 4.69) is 0 Å². The first-order chi connectivity index (χ1) is 13.0. The number of nitrogens with zero attached hydrogens (tertiary/aromatic N) is 2. The van der Waals surface area contributed by atoms with Crippen molar-refractivity contribution in [1.29, 1.82) is 0 Å². The lowest BCUT2D eigenvalue weighted by Crippen LogP contribution is -2.52. The summed E-state index contributed by atoms with van der Waals surface area (Å²) in [5.41, 5.74) is 1.62. The zero-order valence-electron chi connectivity index (χ0n) is 14.9. The maximum atomic E-state index is 13.0. The molecule has 0 N–H and O–H groups in total. The number of hydrogen-bond donors (Lipinski definition) is 0. The van der Waals surface area contributed by atoms with Gasteiger partial charge in [-0.05, 0) is 36.2 Å². The Balaban J connectivity index is 1.70. The van der Waals surface area contributed by atoms with Gasteiger partial charge in [-0.1, -0.05) is 30.3 Å². The molecule has 6 nitrogen and oxygen atoms in total. The van der Waals surface area contributed by atoms with Gasteiger partial charge in [-0.3, -0.25) is 9.69 Å². The van der Waals surface area contributed by atoms with Crippen LogP contribution in [-0.2, 0) is 26.1 Å². The largest absolute Gasteiger partial charge is 0.468 e. The molecule has 27 heavy (non-hydrogen) atoms. The average molecular weight is 384 g/mol. The van der Waals surface area contributed by atoms with Crippen LogP contribution >= 0.6 is 0 Å². The lowest BCUT2D eigenvalue weighted by Gasteiger charge is -2.38. The number of hydrogen-bond acceptors (Lipinski definition) is 5. The highest BCUT2D eigenvalue weighted by molar-refractivity contribution is 7.90. The molecular formula is C20H20N2O4S. The molecule has 0 bridgehead atoms. The summed E-state index contributed by atoms with van der Waals surface area (Å²) in [4.78, 5) is 14.1. The molecule has 2 heterocycles. The predicted octanol–water partition coefficient (Wildman–Crippen LogP) is 2.63. The van der Waals surface area contributed by atoms with E-state index >= 15 is 0 Å². The highest BCUT2D eigenvalue weighted by Crippen LogP contribution is 2.28. The van der Waals surface area contributed by atoms with Crippen LogP contribution < -0.4 is 0 Å². The molecule has 2 aromatic carbocycles. The first kappa shape index (κ1) is 17.8. The van der Waals surface area contributed by atoms with Crippen molar-refractivity contribution in [3.05, 3.63) is 66.4 Å². The Hall–Kier alpha value is -2.64. The lowest BCUT2D eigenvalue weighted by atomic mass is 10.0. The number of methoxy groups -OCH3 is 1. The van der Waals surface area contributed by atoms with Crippen LogP contribution in [-0.4, -0.2) is 43.0 Å². The van der Waals surface area contributed by atoms with Gasteiger partial charge in [0.1, 0.15) is 6.04 Å².